The Hall–Kier alpha value is -0.960. The number of rotatable bonds is 4. The molecule has 1 aromatic rings. The number of aromatic nitrogens is 1. The molecule has 0 bridgehead atoms. The molecule has 0 spiro atoms. The second-order valence-corrected chi connectivity index (χ2v) is 6.54. The van der Waals surface area contributed by atoms with Gasteiger partial charge in [-0.2, -0.15) is 0 Å². The molecule has 0 aliphatic carbocycles. The number of ether oxygens (including phenoxy) is 1. The third-order valence-electron chi connectivity index (χ3n) is 2.86. The van der Waals surface area contributed by atoms with E-state index in [4.69, 9.17) is 16.3 Å². The van der Waals surface area contributed by atoms with Gasteiger partial charge in [0.25, 0.3) is 0 Å². The minimum Gasteiger partial charge on any atom is -0.459 e. The SMILES string of the molecule is CN=C(NCC(=O)OC(C)(C)C)N(C)Cc1cc(Cl)cn1C.I. The Bertz CT molecular complexity index is 552. The average Bonchev–Trinajstić information content (AvgIpc) is 2.66. The summed E-state index contributed by atoms with van der Waals surface area (Å²) in [5, 5.41) is 3.69. The quantitative estimate of drug-likeness (QED) is 0.327. The predicted molar refractivity (Wildman–Crippen MR) is 105 cm³/mol. The number of esters is 1. The summed E-state index contributed by atoms with van der Waals surface area (Å²) in [7, 11) is 5.50. The van der Waals surface area contributed by atoms with Gasteiger partial charge in [0, 0.05) is 33.0 Å². The highest BCUT2D eigenvalue weighted by molar-refractivity contribution is 14.0. The molecule has 0 radical (unpaired) electrons. The first-order valence-electron chi connectivity index (χ1n) is 7.06. The van der Waals surface area contributed by atoms with Crippen LogP contribution in [0.4, 0.5) is 0 Å². The first-order chi connectivity index (χ1) is 10.1. The van der Waals surface area contributed by atoms with Crippen molar-refractivity contribution in [2.24, 2.45) is 12.0 Å². The van der Waals surface area contributed by atoms with Gasteiger partial charge in [-0.05, 0) is 26.8 Å². The molecule has 132 valence electrons. The third kappa shape index (κ3) is 7.92. The number of carbonyl (C=O) groups excluding carboxylic acids is 1. The Kier molecular flexibility index (Phi) is 8.97. The number of halogens is 2. The van der Waals surface area contributed by atoms with E-state index in [0.29, 0.717) is 17.5 Å². The van der Waals surface area contributed by atoms with Gasteiger partial charge >= 0.3 is 5.97 Å². The van der Waals surface area contributed by atoms with Crippen LogP contribution in [0.5, 0.6) is 0 Å². The number of guanidine groups is 1. The molecule has 0 unspecified atom stereocenters. The van der Waals surface area contributed by atoms with Gasteiger partial charge in [-0.15, -0.1) is 24.0 Å². The molecule has 0 saturated heterocycles. The smallest absolute Gasteiger partial charge is 0.325 e. The fraction of sp³-hybridized carbons (Fsp3) is 0.600. The molecule has 6 nitrogen and oxygen atoms in total. The van der Waals surface area contributed by atoms with E-state index in [1.165, 1.54) is 0 Å². The van der Waals surface area contributed by atoms with Gasteiger partial charge in [0.1, 0.15) is 12.1 Å². The molecule has 0 aliphatic heterocycles. The second kappa shape index (κ2) is 9.36. The predicted octanol–water partition coefficient (Wildman–Crippen LogP) is 2.65. The van der Waals surface area contributed by atoms with Crippen LogP contribution in [0.2, 0.25) is 5.02 Å². The van der Waals surface area contributed by atoms with Crippen LogP contribution < -0.4 is 5.32 Å². The number of aliphatic imine (C=N–C) groups is 1. The van der Waals surface area contributed by atoms with E-state index in [2.05, 4.69) is 10.3 Å². The second-order valence-electron chi connectivity index (χ2n) is 6.10. The number of nitrogens with one attached hydrogen (secondary N) is 1. The van der Waals surface area contributed by atoms with Crippen molar-refractivity contribution in [3.8, 4) is 0 Å². The summed E-state index contributed by atoms with van der Waals surface area (Å²) >= 11 is 5.98. The highest BCUT2D eigenvalue weighted by Gasteiger charge is 2.17. The minimum atomic E-state index is -0.492. The van der Waals surface area contributed by atoms with E-state index in [9.17, 15) is 4.79 Å². The first-order valence-corrected chi connectivity index (χ1v) is 7.44. The molecule has 0 aliphatic rings. The van der Waals surface area contributed by atoms with Crippen LogP contribution in [0.25, 0.3) is 0 Å². The summed E-state index contributed by atoms with van der Waals surface area (Å²) in [6.07, 6.45) is 1.85. The van der Waals surface area contributed by atoms with Gasteiger partial charge in [-0.1, -0.05) is 11.6 Å². The number of carbonyl (C=O) groups is 1. The van der Waals surface area contributed by atoms with E-state index < -0.39 is 5.60 Å². The van der Waals surface area contributed by atoms with Crippen LogP contribution in [-0.4, -0.2) is 47.6 Å². The van der Waals surface area contributed by atoms with E-state index in [-0.39, 0.29) is 36.5 Å². The van der Waals surface area contributed by atoms with Crippen molar-refractivity contribution >= 4 is 47.5 Å². The Morgan fingerprint density at radius 1 is 1.48 bits per heavy atom. The summed E-state index contributed by atoms with van der Waals surface area (Å²) in [6, 6.07) is 1.90. The lowest BCUT2D eigenvalue weighted by Crippen LogP contribution is -2.42. The summed E-state index contributed by atoms with van der Waals surface area (Å²) in [4.78, 5) is 17.8. The summed E-state index contributed by atoms with van der Waals surface area (Å²) in [5.74, 6) is 0.298. The van der Waals surface area contributed by atoms with Gasteiger partial charge in [0.05, 0.1) is 11.6 Å². The monoisotopic (exact) mass is 456 g/mol. The number of nitrogens with zero attached hydrogens (tertiary/aromatic N) is 3. The van der Waals surface area contributed by atoms with Crippen molar-refractivity contribution in [3.63, 3.8) is 0 Å². The van der Waals surface area contributed by atoms with Gasteiger partial charge in [-0.25, -0.2) is 0 Å². The Morgan fingerprint density at radius 3 is 2.52 bits per heavy atom. The van der Waals surface area contributed by atoms with Gasteiger partial charge in [0.15, 0.2) is 5.96 Å². The first kappa shape index (κ1) is 22.0. The van der Waals surface area contributed by atoms with Crippen molar-refractivity contribution in [2.75, 3.05) is 20.6 Å². The van der Waals surface area contributed by atoms with Crippen molar-refractivity contribution in [3.05, 3.63) is 23.0 Å². The third-order valence-corrected chi connectivity index (χ3v) is 3.06. The lowest BCUT2D eigenvalue weighted by molar-refractivity contribution is -0.153. The zero-order chi connectivity index (χ0) is 16.9. The normalized spacial score (nSPS) is 11.7. The molecule has 0 fully saturated rings. The number of hydrogen-bond acceptors (Lipinski definition) is 3. The average molecular weight is 457 g/mol. The fourth-order valence-corrected chi connectivity index (χ4v) is 2.23. The lowest BCUT2D eigenvalue weighted by atomic mass is 10.2. The molecule has 1 aromatic heterocycles. The van der Waals surface area contributed by atoms with Crippen LogP contribution in [-0.2, 0) is 23.1 Å². The van der Waals surface area contributed by atoms with Crippen LogP contribution in [0.3, 0.4) is 0 Å². The van der Waals surface area contributed by atoms with Gasteiger partial charge in [0.2, 0.25) is 0 Å². The van der Waals surface area contributed by atoms with Gasteiger partial charge < -0.3 is 19.5 Å². The largest absolute Gasteiger partial charge is 0.459 e. The number of aryl methyl sites for hydroxylation is 1. The number of hydrogen-bond donors (Lipinski definition) is 1. The van der Waals surface area contributed by atoms with E-state index >= 15 is 0 Å². The Balaban J connectivity index is 0.00000484. The van der Waals surface area contributed by atoms with Crippen molar-refractivity contribution in [1.82, 2.24) is 14.8 Å². The topological polar surface area (TPSA) is 58.9 Å². The van der Waals surface area contributed by atoms with E-state index in [0.717, 1.165) is 5.69 Å². The Labute approximate surface area is 160 Å². The molecule has 0 aromatic carbocycles. The van der Waals surface area contributed by atoms with E-state index in [1.54, 1.807) is 7.05 Å². The maximum atomic E-state index is 11.7. The maximum absolute atomic E-state index is 11.7. The van der Waals surface area contributed by atoms with Crippen LogP contribution >= 0.6 is 35.6 Å². The Morgan fingerprint density at radius 2 is 2.09 bits per heavy atom. The van der Waals surface area contributed by atoms with Crippen molar-refractivity contribution in [1.29, 1.82) is 0 Å². The fourth-order valence-electron chi connectivity index (χ4n) is 1.95. The highest BCUT2D eigenvalue weighted by Crippen LogP contribution is 2.14. The zero-order valence-corrected chi connectivity index (χ0v) is 17.6. The molecule has 1 N–H and O–H groups in total. The molecule has 1 rings (SSSR count). The summed E-state index contributed by atoms with van der Waals surface area (Å²) in [5.41, 5.74) is 0.557. The zero-order valence-electron chi connectivity index (χ0n) is 14.5. The molecular weight excluding hydrogens is 431 g/mol. The molecule has 1 heterocycles. The highest BCUT2D eigenvalue weighted by atomic mass is 127. The van der Waals surface area contributed by atoms with Gasteiger partial charge in [-0.3, -0.25) is 9.79 Å². The van der Waals surface area contributed by atoms with Crippen LogP contribution in [0.1, 0.15) is 26.5 Å². The molecule has 0 saturated carbocycles. The molecular formula is C15H26ClIN4O2. The maximum Gasteiger partial charge on any atom is 0.325 e. The molecule has 0 atom stereocenters. The molecule has 23 heavy (non-hydrogen) atoms. The van der Waals surface area contributed by atoms with E-state index in [1.807, 2.05) is 56.6 Å². The standard InChI is InChI=1S/C15H25ClN4O2.HI/c1-15(2,3)22-13(21)8-18-14(17-4)20(6)10-12-7-11(16)9-19(12)5;/h7,9H,8,10H2,1-6H3,(H,17,18);1H. The van der Waals surface area contributed by atoms with Crippen molar-refractivity contribution in [2.45, 2.75) is 32.9 Å². The summed E-state index contributed by atoms with van der Waals surface area (Å²) < 4.78 is 7.21. The van der Waals surface area contributed by atoms with Crippen molar-refractivity contribution < 1.29 is 9.53 Å². The van der Waals surface area contributed by atoms with Crippen LogP contribution in [0.15, 0.2) is 17.3 Å². The molecule has 0 amide bonds. The molecule has 8 heteroatoms. The lowest BCUT2D eigenvalue weighted by Gasteiger charge is -2.23. The minimum absolute atomic E-state index is 0. The van der Waals surface area contributed by atoms with Crippen LogP contribution in [0, 0.1) is 0 Å². The summed E-state index contributed by atoms with van der Waals surface area (Å²) in [6.45, 7) is 6.21.